The maximum Gasteiger partial charge on any atom is 0.407 e. The molecule has 1 aromatic carbocycles. The SMILES string of the molecule is CC(C)(C)OC(=O)N[C@H]1CCN(C(=O)C[C@@H](CS(=O)(=O)Cc2ccccc2)C(=O)N2CCC[C@H]2C(=O)O)C1. The van der Waals surface area contributed by atoms with Gasteiger partial charge in [-0.3, -0.25) is 9.59 Å². The third kappa shape index (κ3) is 8.44. The predicted molar refractivity (Wildman–Crippen MR) is 139 cm³/mol. The van der Waals surface area contributed by atoms with Crippen LogP contribution in [0.4, 0.5) is 4.79 Å². The molecule has 2 N–H and O–H groups in total. The molecule has 2 aliphatic heterocycles. The second-order valence-corrected chi connectivity index (χ2v) is 13.0. The number of carboxylic acid groups (broad SMARTS) is 1. The van der Waals surface area contributed by atoms with Crippen LogP contribution in [0.1, 0.15) is 52.0 Å². The first kappa shape index (κ1) is 29.4. The molecule has 0 aliphatic carbocycles. The molecule has 2 aliphatic rings. The molecule has 3 atom stereocenters. The molecule has 2 fully saturated rings. The molecule has 3 amide bonds. The van der Waals surface area contributed by atoms with E-state index in [9.17, 15) is 32.7 Å². The minimum Gasteiger partial charge on any atom is -0.480 e. The third-order valence-corrected chi connectivity index (χ3v) is 8.22. The number of alkyl carbamates (subject to hydrolysis) is 1. The molecule has 11 nitrogen and oxygen atoms in total. The number of nitrogens with one attached hydrogen (secondary N) is 1. The van der Waals surface area contributed by atoms with Crippen molar-refractivity contribution in [3.63, 3.8) is 0 Å². The largest absolute Gasteiger partial charge is 0.480 e. The van der Waals surface area contributed by atoms with Gasteiger partial charge >= 0.3 is 12.1 Å². The Kier molecular flexibility index (Phi) is 9.40. The van der Waals surface area contributed by atoms with Crippen molar-refractivity contribution in [2.24, 2.45) is 5.92 Å². The fraction of sp³-hybridized carbons (Fsp3) is 0.615. The summed E-state index contributed by atoms with van der Waals surface area (Å²) >= 11 is 0. The van der Waals surface area contributed by atoms with E-state index >= 15 is 0 Å². The summed E-state index contributed by atoms with van der Waals surface area (Å²) in [7, 11) is -3.80. The number of benzene rings is 1. The maximum absolute atomic E-state index is 13.4. The number of carbonyl (C=O) groups excluding carboxylic acids is 3. The number of amides is 3. The summed E-state index contributed by atoms with van der Waals surface area (Å²) in [5.74, 6) is -4.28. The maximum atomic E-state index is 13.4. The Bertz CT molecular complexity index is 1130. The number of hydrogen-bond acceptors (Lipinski definition) is 7. The van der Waals surface area contributed by atoms with Crippen LogP contribution in [0.3, 0.4) is 0 Å². The zero-order chi connectivity index (χ0) is 28.1. The van der Waals surface area contributed by atoms with Crippen LogP contribution in [0.2, 0.25) is 0 Å². The fourth-order valence-electron chi connectivity index (χ4n) is 4.85. The highest BCUT2D eigenvalue weighted by atomic mass is 32.2. The number of carboxylic acids is 1. The summed E-state index contributed by atoms with van der Waals surface area (Å²) in [6.07, 6.45) is 0.302. The lowest BCUT2D eigenvalue weighted by Gasteiger charge is -2.28. The number of rotatable bonds is 9. The van der Waals surface area contributed by atoms with Gasteiger partial charge in [0.2, 0.25) is 11.8 Å². The van der Waals surface area contributed by atoms with Gasteiger partial charge in [0.05, 0.1) is 23.5 Å². The molecule has 0 radical (unpaired) electrons. The Morgan fingerprint density at radius 2 is 1.79 bits per heavy atom. The topological polar surface area (TPSA) is 150 Å². The van der Waals surface area contributed by atoms with Crippen molar-refractivity contribution in [2.75, 3.05) is 25.4 Å². The summed E-state index contributed by atoms with van der Waals surface area (Å²) in [6, 6.07) is 7.17. The first-order chi connectivity index (χ1) is 17.7. The minimum absolute atomic E-state index is 0.199. The number of hydrogen-bond donors (Lipinski definition) is 2. The van der Waals surface area contributed by atoms with E-state index < -0.39 is 57.0 Å². The highest BCUT2D eigenvalue weighted by molar-refractivity contribution is 7.90. The summed E-state index contributed by atoms with van der Waals surface area (Å²) in [4.78, 5) is 53.1. The number of likely N-dealkylation sites (tertiary alicyclic amines) is 2. The highest BCUT2D eigenvalue weighted by Crippen LogP contribution is 2.24. The van der Waals surface area contributed by atoms with Crippen molar-refractivity contribution in [1.82, 2.24) is 15.1 Å². The van der Waals surface area contributed by atoms with Gasteiger partial charge in [0.25, 0.3) is 0 Å². The van der Waals surface area contributed by atoms with Gasteiger partial charge in [-0.15, -0.1) is 0 Å². The first-order valence-electron chi connectivity index (χ1n) is 12.8. The number of aliphatic carboxylic acids is 1. The number of ether oxygens (including phenoxy) is 1. The third-order valence-electron chi connectivity index (χ3n) is 6.54. The molecule has 0 aromatic heterocycles. The summed E-state index contributed by atoms with van der Waals surface area (Å²) in [5.41, 5.74) is -0.106. The summed E-state index contributed by atoms with van der Waals surface area (Å²) in [6.45, 7) is 5.97. The van der Waals surface area contributed by atoms with Gasteiger partial charge < -0.3 is 25.0 Å². The van der Waals surface area contributed by atoms with Crippen LogP contribution < -0.4 is 5.32 Å². The van der Waals surface area contributed by atoms with Gasteiger partial charge in [0, 0.05) is 26.1 Å². The van der Waals surface area contributed by atoms with E-state index in [4.69, 9.17) is 4.74 Å². The van der Waals surface area contributed by atoms with E-state index in [0.29, 0.717) is 24.9 Å². The van der Waals surface area contributed by atoms with Crippen LogP contribution in [-0.4, -0.2) is 90.3 Å². The van der Waals surface area contributed by atoms with Gasteiger partial charge in [0.15, 0.2) is 9.84 Å². The van der Waals surface area contributed by atoms with Crippen molar-refractivity contribution in [3.8, 4) is 0 Å². The van der Waals surface area contributed by atoms with Crippen molar-refractivity contribution >= 4 is 33.7 Å². The van der Waals surface area contributed by atoms with E-state index in [0.717, 1.165) is 0 Å². The Morgan fingerprint density at radius 1 is 1.11 bits per heavy atom. The molecule has 0 unspecified atom stereocenters. The Morgan fingerprint density at radius 3 is 2.42 bits per heavy atom. The number of nitrogens with zero attached hydrogens (tertiary/aromatic N) is 2. The van der Waals surface area contributed by atoms with Gasteiger partial charge in [-0.2, -0.15) is 0 Å². The molecular formula is C26H37N3O8S. The van der Waals surface area contributed by atoms with Crippen molar-refractivity contribution in [1.29, 1.82) is 0 Å². The Balaban J connectivity index is 1.71. The van der Waals surface area contributed by atoms with E-state index in [-0.39, 0.29) is 37.7 Å². The smallest absolute Gasteiger partial charge is 0.407 e. The zero-order valence-electron chi connectivity index (χ0n) is 22.1. The predicted octanol–water partition coefficient (Wildman–Crippen LogP) is 1.81. The van der Waals surface area contributed by atoms with Gasteiger partial charge in [-0.1, -0.05) is 30.3 Å². The van der Waals surface area contributed by atoms with Crippen LogP contribution in [0.25, 0.3) is 0 Å². The second-order valence-electron chi connectivity index (χ2n) is 10.9. The van der Waals surface area contributed by atoms with Crippen LogP contribution in [-0.2, 0) is 34.7 Å². The van der Waals surface area contributed by atoms with Crippen molar-refractivity contribution in [3.05, 3.63) is 35.9 Å². The lowest BCUT2D eigenvalue weighted by atomic mass is 10.0. The first-order valence-corrected chi connectivity index (χ1v) is 14.6. The molecule has 38 heavy (non-hydrogen) atoms. The van der Waals surface area contributed by atoms with E-state index in [2.05, 4.69) is 5.32 Å². The van der Waals surface area contributed by atoms with E-state index in [1.165, 1.54) is 9.80 Å². The molecule has 0 spiro atoms. The normalized spacial score (nSPS) is 20.7. The molecule has 3 rings (SSSR count). The fourth-order valence-corrected chi connectivity index (χ4v) is 6.54. The average Bonchev–Trinajstić information content (AvgIpc) is 3.47. The molecular weight excluding hydrogens is 514 g/mol. The molecule has 0 bridgehead atoms. The Labute approximate surface area is 223 Å². The molecule has 0 saturated carbocycles. The zero-order valence-corrected chi connectivity index (χ0v) is 22.9. The van der Waals surface area contributed by atoms with Crippen molar-refractivity contribution in [2.45, 2.75) is 69.9 Å². The van der Waals surface area contributed by atoms with Crippen LogP contribution >= 0.6 is 0 Å². The Hall–Kier alpha value is -3.15. The van der Waals surface area contributed by atoms with Crippen LogP contribution in [0.15, 0.2) is 30.3 Å². The number of carbonyl (C=O) groups is 4. The van der Waals surface area contributed by atoms with Gasteiger partial charge in [0.1, 0.15) is 11.6 Å². The van der Waals surface area contributed by atoms with E-state index in [1.807, 2.05) is 0 Å². The van der Waals surface area contributed by atoms with Crippen LogP contribution in [0, 0.1) is 5.92 Å². The van der Waals surface area contributed by atoms with Gasteiger partial charge in [-0.25, -0.2) is 18.0 Å². The summed E-state index contributed by atoms with van der Waals surface area (Å²) in [5, 5.41) is 12.3. The molecule has 1 aromatic rings. The quantitative estimate of drug-likeness (QED) is 0.472. The lowest BCUT2D eigenvalue weighted by Crippen LogP contribution is -2.46. The second kappa shape index (κ2) is 12.1. The summed E-state index contributed by atoms with van der Waals surface area (Å²) < 4.78 is 31.4. The van der Waals surface area contributed by atoms with E-state index in [1.54, 1.807) is 51.1 Å². The number of sulfone groups is 1. The van der Waals surface area contributed by atoms with Crippen LogP contribution in [0.5, 0.6) is 0 Å². The monoisotopic (exact) mass is 551 g/mol. The van der Waals surface area contributed by atoms with Crippen molar-refractivity contribution < 1.29 is 37.4 Å². The lowest BCUT2D eigenvalue weighted by molar-refractivity contribution is -0.150. The molecule has 12 heteroatoms. The average molecular weight is 552 g/mol. The minimum atomic E-state index is -3.80. The molecule has 2 heterocycles. The molecule has 2 saturated heterocycles. The molecule has 210 valence electrons. The standard InChI is InChI=1S/C26H37N3O8S/c1-26(2,3)37-25(34)27-20-11-13-28(15-20)22(30)14-19(23(31)29-12-7-10-21(29)24(32)33)17-38(35,36)16-18-8-5-4-6-9-18/h4-6,8-9,19-21H,7,10-17H2,1-3H3,(H,27,34)(H,32,33)/t19-,20-,21-/m0/s1. The highest BCUT2D eigenvalue weighted by Gasteiger charge is 2.40. The van der Waals surface area contributed by atoms with Gasteiger partial charge in [-0.05, 0) is 45.6 Å².